The van der Waals surface area contributed by atoms with Crippen LogP contribution < -0.4 is 5.56 Å². The zero-order chi connectivity index (χ0) is 19.2. The number of hydrogen-bond donors (Lipinski definition) is 1. The van der Waals surface area contributed by atoms with Crippen LogP contribution in [-0.2, 0) is 17.8 Å². The van der Waals surface area contributed by atoms with Crippen LogP contribution in [0.3, 0.4) is 0 Å². The van der Waals surface area contributed by atoms with Crippen molar-refractivity contribution in [1.82, 2.24) is 19.5 Å². The Morgan fingerprint density at radius 3 is 2.81 bits per heavy atom. The van der Waals surface area contributed by atoms with E-state index in [0.717, 1.165) is 5.56 Å². The van der Waals surface area contributed by atoms with Gasteiger partial charge in [0.05, 0.1) is 12.3 Å². The van der Waals surface area contributed by atoms with Gasteiger partial charge in [-0.25, -0.2) is 14.3 Å². The molecule has 0 aliphatic carbocycles. The molecule has 0 fully saturated rings. The van der Waals surface area contributed by atoms with Crippen LogP contribution in [0.15, 0.2) is 60.0 Å². The summed E-state index contributed by atoms with van der Waals surface area (Å²) in [7, 11) is 0. The van der Waals surface area contributed by atoms with Crippen LogP contribution in [0.4, 0.5) is 0 Å². The van der Waals surface area contributed by atoms with E-state index in [1.54, 1.807) is 6.92 Å². The largest absolute Gasteiger partial charge is 0.462 e. The van der Waals surface area contributed by atoms with Crippen LogP contribution in [0.2, 0.25) is 0 Å². The highest BCUT2D eigenvalue weighted by atomic mass is 16.5. The van der Waals surface area contributed by atoms with Crippen LogP contribution in [0.5, 0.6) is 0 Å². The van der Waals surface area contributed by atoms with Crippen LogP contribution in [0.25, 0.3) is 5.65 Å². The number of H-pyrrole nitrogens is 1. The minimum Gasteiger partial charge on any atom is -0.462 e. The van der Waals surface area contributed by atoms with Gasteiger partial charge in [0, 0.05) is 31.9 Å². The Kier molecular flexibility index (Phi) is 5.83. The first-order valence-corrected chi connectivity index (χ1v) is 8.76. The lowest BCUT2D eigenvalue weighted by molar-refractivity contribution is 0.0528. The third kappa shape index (κ3) is 4.32. The molecule has 2 aromatic heterocycles. The van der Waals surface area contributed by atoms with Crippen LogP contribution >= 0.6 is 0 Å². The fraction of sp³-hybridized carbons (Fsp3) is 0.250. The monoisotopic (exact) mass is 366 g/mol. The zero-order valence-corrected chi connectivity index (χ0v) is 15.2. The van der Waals surface area contributed by atoms with Gasteiger partial charge < -0.3 is 4.74 Å². The van der Waals surface area contributed by atoms with Gasteiger partial charge >= 0.3 is 5.97 Å². The van der Waals surface area contributed by atoms with Crippen molar-refractivity contribution in [3.63, 3.8) is 0 Å². The minimum atomic E-state index is -0.507. The maximum Gasteiger partial charge on any atom is 0.343 e. The Bertz CT molecular complexity index is 991. The number of carbonyl (C=O) groups is 1. The van der Waals surface area contributed by atoms with Crippen LogP contribution in [0.1, 0.15) is 28.5 Å². The number of carbonyl (C=O) groups excluding carboxylic acids is 1. The number of ether oxygens (including phenoxy) is 1. The van der Waals surface area contributed by atoms with Gasteiger partial charge in [0.25, 0.3) is 5.56 Å². The predicted octanol–water partition coefficient (Wildman–Crippen LogP) is 2.39. The minimum absolute atomic E-state index is 0.245. The third-order valence-electron chi connectivity index (χ3n) is 4.07. The fourth-order valence-electron chi connectivity index (χ4n) is 2.91. The molecular weight excluding hydrogens is 344 g/mol. The van der Waals surface area contributed by atoms with Gasteiger partial charge in [0.2, 0.25) is 0 Å². The molecule has 0 spiro atoms. The van der Waals surface area contributed by atoms with Crippen molar-refractivity contribution in [1.29, 1.82) is 0 Å². The maximum atomic E-state index is 12.4. The number of fused-ring (bicyclic) bond motifs is 1. The van der Waals surface area contributed by atoms with Gasteiger partial charge in [-0.3, -0.25) is 14.8 Å². The summed E-state index contributed by atoms with van der Waals surface area (Å²) in [5.74, 6) is -0.507. The highest BCUT2D eigenvalue weighted by Gasteiger charge is 2.17. The molecule has 0 saturated carbocycles. The molecular formula is C20H22N4O3. The summed E-state index contributed by atoms with van der Waals surface area (Å²) in [5, 5.41) is 2.75. The summed E-state index contributed by atoms with van der Waals surface area (Å²) < 4.78 is 6.28. The second-order valence-electron chi connectivity index (χ2n) is 6.10. The van der Waals surface area contributed by atoms with Crippen molar-refractivity contribution in [2.75, 3.05) is 13.2 Å². The summed E-state index contributed by atoms with van der Waals surface area (Å²) in [6.45, 7) is 7.60. The molecule has 1 aromatic carbocycles. The lowest BCUT2D eigenvalue weighted by Crippen LogP contribution is -2.25. The summed E-state index contributed by atoms with van der Waals surface area (Å²) in [5.41, 5.74) is 1.99. The van der Waals surface area contributed by atoms with Crippen molar-refractivity contribution < 1.29 is 9.53 Å². The first-order valence-electron chi connectivity index (χ1n) is 8.76. The molecule has 3 rings (SSSR count). The lowest BCUT2D eigenvalue weighted by Gasteiger charge is -2.20. The lowest BCUT2D eigenvalue weighted by atomic mass is 10.2. The molecule has 3 aromatic rings. The zero-order valence-electron chi connectivity index (χ0n) is 15.2. The van der Waals surface area contributed by atoms with E-state index in [-0.39, 0.29) is 23.4 Å². The van der Waals surface area contributed by atoms with E-state index in [1.165, 1.54) is 16.8 Å². The molecule has 0 aliphatic rings. The second kappa shape index (κ2) is 8.46. The number of hydrogen-bond acceptors (Lipinski definition) is 5. The van der Waals surface area contributed by atoms with Gasteiger partial charge in [0.15, 0.2) is 5.65 Å². The smallest absolute Gasteiger partial charge is 0.343 e. The first kappa shape index (κ1) is 18.6. The quantitative estimate of drug-likeness (QED) is 0.489. The molecule has 0 amide bonds. The summed E-state index contributed by atoms with van der Waals surface area (Å²) in [4.78, 5) is 31.1. The van der Waals surface area contributed by atoms with Crippen molar-refractivity contribution in [2.24, 2.45) is 0 Å². The van der Waals surface area contributed by atoms with Gasteiger partial charge in [0.1, 0.15) is 5.56 Å². The Morgan fingerprint density at radius 1 is 1.33 bits per heavy atom. The Morgan fingerprint density at radius 2 is 2.11 bits per heavy atom. The van der Waals surface area contributed by atoms with Crippen molar-refractivity contribution in [2.45, 2.75) is 20.0 Å². The van der Waals surface area contributed by atoms with E-state index in [9.17, 15) is 9.59 Å². The average molecular weight is 366 g/mol. The number of aromatic nitrogens is 3. The Labute approximate surface area is 156 Å². The molecule has 0 bridgehead atoms. The van der Waals surface area contributed by atoms with Gasteiger partial charge in [-0.2, -0.15) is 0 Å². The molecule has 27 heavy (non-hydrogen) atoms. The molecule has 140 valence electrons. The highest BCUT2D eigenvalue weighted by Crippen LogP contribution is 2.12. The van der Waals surface area contributed by atoms with E-state index >= 15 is 0 Å². The van der Waals surface area contributed by atoms with Crippen molar-refractivity contribution in [3.05, 3.63) is 82.4 Å². The van der Waals surface area contributed by atoms with Crippen molar-refractivity contribution in [3.8, 4) is 0 Å². The topological polar surface area (TPSA) is 79.7 Å². The van der Waals surface area contributed by atoms with Gasteiger partial charge in [-0.05, 0) is 12.5 Å². The number of nitrogens with one attached hydrogen (secondary N) is 1. The number of nitrogens with zero attached hydrogens (tertiary/aromatic N) is 3. The SMILES string of the molecule is C=CCN(Cc1ccccc1)Cc1cc(=O)n2[nH]cc(C(=O)OCC)c2n1. The fourth-order valence-corrected chi connectivity index (χ4v) is 2.91. The normalized spacial score (nSPS) is 11.0. The molecule has 7 heteroatoms. The molecule has 0 radical (unpaired) electrons. The van der Waals surface area contributed by atoms with Gasteiger partial charge in [-0.15, -0.1) is 6.58 Å². The van der Waals surface area contributed by atoms with E-state index in [2.05, 4.69) is 21.6 Å². The highest BCUT2D eigenvalue weighted by molar-refractivity contribution is 5.95. The number of aromatic amines is 1. The maximum absolute atomic E-state index is 12.4. The molecule has 0 saturated heterocycles. The number of benzene rings is 1. The third-order valence-corrected chi connectivity index (χ3v) is 4.07. The number of rotatable bonds is 8. The standard InChI is InChI=1S/C20H22N4O3/c1-3-10-23(13-15-8-6-5-7-9-15)14-16-11-18(25)24-19(22-16)17(12-21-24)20(26)27-4-2/h3,5-9,11-12,21H,1,4,10,13-14H2,2H3. The van der Waals surface area contributed by atoms with Crippen LogP contribution in [0, 0.1) is 0 Å². The average Bonchev–Trinajstić information content (AvgIpc) is 3.07. The van der Waals surface area contributed by atoms with Crippen LogP contribution in [-0.4, -0.2) is 38.6 Å². The number of esters is 1. The van der Waals surface area contributed by atoms with E-state index in [4.69, 9.17) is 4.74 Å². The van der Waals surface area contributed by atoms with Gasteiger partial charge in [-0.1, -0.05) is 36.4 Å². The second-order valence-corrected chi connectivity index (χ2v) is 6.10. The molecule has 7 nitrogen and oxygen atoms in total. The van der Waals surface area contributed by atoms with Crippen molar-refractivity contribution >= 4 is 11.6 Å². The molecule has 0 atom stereocenters. The Hall–Kier alpha value is -3.19. The molecule has 2 heterocycles. The molecule has 0 unspecified atom stereocenters. The first-order chi connectivity index (χ1) is 13.1. The summed E-state index contributed by atoms with van der Waals surface area (Å²) in [6.07, 6.45) is 3.26. The van der Waals surface area contributed by atoms with E-state index in [1.807, 2.05) is 36.4 Å². The summed E-state index contributed by atoms with van der Waals surface area (Å²) in [6, 6.07) is 11.5. The van der Waals surface area contributed by atoms with E-state index < -0.39 is 5.97 Å². The predicted molar refractivity (Wildman–Crippen MR) is 103 cm³/mol. The molecule has 0 aliphatic heterocycles. The molecule has 1 N–H and O–H groups in total. The Balaban J connectivity index is 1.90. The summed E-state index contributed by atoms with van der Waals surface area (Å²) >= 11 is 0. The van der Waals surface area contributed by atoms with E-state index in [0.29, 0.717) is 25.3 Å².